The molecule has 1 aromatic rings. The van der Waals surface area contributed by atoms with Gasteiger partial charge in [0.1, 0.15) is 12.2 Å². The Morgan fingerprint density at radius 3 is 2.82 bits per heavy atom. The van der Waals surface area contributed by atoms with Crippen LogP contribution in [-0.4, -0.2) is 29.0 Å². The average Bonchev–Trinajstić information content (AvgIpc) is 2.67. The summed E-state index contributed by atoms with van der Waals surface area (Å²) in [6, 6.07) is 1.14. The van der Waals surface area contributed by atoms with Gasteiger partial charge < -0.3 is 22.1 Å². The lowest BCUT2D eigenvalue weighted by molar-refractivity contribution is -0.121. The van der Waals surface area contributed by atoms with E-state index in [0.29, 0.717) is 6.54 Å². The molecule has 1 aliphatic rings. The highest BCUT2D eigenvalue weighted by Gasteiger charge is 2.33. The highest BCUT2D eigenvalue weighted by molar-refractivity contribution is 9.10. The van der Waals surface area contributed by atoms with E-state index in [4.69, 9.17) is 17.2 Å². The quantitative estimate of drug-likeness (QED) is 0.698. The fourth-order valence-corrected chi connectivity index (χ4v) is 2.98. The first-order valence-corrected chi connectivity index (χ1v) is 6.55. The zero-order chi connectivity index (χ0) is 12.6. The van der Waals surface area contributed by atoms with Gasteiger partial charge in [-0.25, -0.2) is 0 Å². The Kier molecular flexibility index (Phi) is 3.48. The molecule has 17 heavy (non-hydrogen) atoms. The number of nitrogens with zero attached hydrogens (tertiary/aromatic N) is 2. The molecule has 0 fully saturated rings. The number of carbonyl (C=O) groups excluding carboxylic acids is 1. The minimum Gasteiger partial charge on any atom is -0.369 e. The molecule has 0 spiro atoms. The van der Waals surface area contributed by atoms with Gasteiger partial charge in [-0.2, -0.15) is 4.99 Å². The number of hydrogen-bond donors (Lipinski definition) is 3. The molecule has 0 aromatic carbocycles. The Morgan fingerprint density at radius 2 is 2.24 bits per heavy atom. The van der Waals surface area contributed by atoms with Gasteiger partial charge in [0.25, 0.3) is 5.91 Å². The van der Waals surface area contributed by atoms with E-state index in [1.807, 2.05) is 11.4 Å². The van der Waals surface area contributed by atoms with E-state index in [2.05, 4.69) is 20.9 Å². The Hall–Kier alpha value is -0.960. The highest BCUT2D eigenvalue weighted by atomic mass is 79.9. The van der Waals surface area contributed by atoms with Crippen molar-refractivity contribution in [2.24, 2.45) is 22.2 Å². The molecule has 92 valence electrons. The molecule has 2 heterocycles. The van der Waals surface area contributed by atoms with Gasteiger partial charge in [0.15, 0.2) is 0 Å². The topological polar surface area (TPSA) is 111 Å². The normalized spacial score (nSPS) is 25.0. The molecule has 6 N–H and O–H groups in total. The lowest BCUT2D eigenvalue weighted by atomic mass is 10.2. The van der Waals surface area contributed by atoms with E-state index in [0.717, 1.165) is 9.35 Å². The summed E-state index contributed by atoms with van der Waals surface area (Å²) in [7, 11) is 0. The maximum Gasteiger partial charge on any atom is 0.269 e. The lowest BCUT2D eigenvalue weighted by Crippen LogP contribution is -2.63. The highest BCUT2D eigenvalue weighted by Crippen LogP contribution is 2.22. The fraction of sp³-hybridized carbons (Fsp3) is 0.333. The maximum absolute atomic E-state index is 11.3. The summed E-state index contributed by atoms with van der Waals surface area (Å²) in [4.78, 5) is 17.7. The van der Waals surface area contributed by atoms with Crippen LogP contribution in [-0.2, 0) is 11.3 Å². The van der Waals surface area contributed by atoms with Gasteiger partial charge in [-0.05, 0) is 22.0 Å². The van der Waals surface area contributed by atoms with Gasteiger partial charge in [0, 0.05) is 14.7 Å². The van der Waals surface area contributed by atoms with Crippen LogP contribution in [0.4, 0.5) is 0 Å². The molecule has 2 unspecified atom stereocenters. The van der Waals surface area contributed by atoms with Gasteiger partial charge in [-0.1, -0.05) is 0 Å². The van der Waals surface area contributed by atoms with Crippen molar-refractivity contribution in [3.8, 4) is 0 Å². The zero-order valence-electron chi connectivity index (χ0n) is 8.84. The first kappa shape index (κ1) is 12.5. The van der Waals surface area contributed by atoms with Gasteiger partial charge in [0.2, 0.25) is 5.96 Å². The molecule has 0 saturated heterocycles. The van der Waals surface area contributed by atoms with Crippen LogP contribution in [0.2, 0.25) is 0 Å². The molecule has 0 saturated carbocycles. The number of nitrogens with two attached hydrogens (primary N) is 3. The Balaban J connectivity index is 2.20. The summed E-state index contributed by atoms with van der Waals surface area (Å²) in [6.45, 7) is 0.494. The Bertz CT molecular complexity index is 474. The zero-order valence-corrected chi connectivity index (χ0v) is 11.2. The van der Waals surface area contributed by atoms with Crippen LogP contribution in [0, 0.1) is 0 Å². The fourth-order valence-electron chi connectivity index (χ4n) is 1.54. The van der Waals surface area contributed by atoms with Crippen LogP contribution in [0.3, 0.4) is 0 Å². The molecule has 6 nitrogen and oxygen atoms in total. The molecule has 1 aromatic heterocycles. The standard InChI is InChI=1S/C9H12BrN5OS/c10-4-1-5(17-3-4)2-15-7(12)6(11)8(16)14-9(15)13/h1,3,6-7H,2,11-12H2,(H2,13,14,16). The second-order valence-electron chi connectivity index (χ2n) is 3.68. The van der Waals surface area contributed by atoms with Crippen LogP contribution < -0.4 is 17.2 Å². The number of hydrogen-bond acceptors (Lipinski definition) is 6. The van der Waals surface area contributed by atoms with Crippen molar-refractivity contribution in [1.82, 2.24) is 4.90 Å². The molecule has 0 radical (unpaired) electrons. The number of guanidine groups is 1. The largest absolute Gasteiger partial charge is 0.369 e. The molecule has 0 aliphatic carbocycles. The van der Waals surface area contributed by atoms with Crippen molar-refractivity contribution in [1.29, 1.82) is 0 Å². The third-order valence-electron chi connectivity index (χ3n) is 2.48. The predicted octanol–water partition coefficient (Wildman–Crippen LogP) is -0.220. The third-order valence-corrected chi connectivity index (χ3v) is 4.16. The maximum atomic E-state index is 11.3. The first-order valence-electron chi connectivity index (χ1n) is 4.88. The number of carbonyl (C=O) groups is 1. The van der Waals surface area contributed by atoms with Gasteiger partial charge >= 0.3 is 0 Å². The molecule has 0 bridgehead atoms. The van der Waals surface area contributed by atoms with Gasteiger partial charge in [-0.15, -0.1) is 11.3 Å². The monoisotopic (exact) mass is 317 g/mol. The SMILES string of the molecule is NC1=NC(=O)C(N)C(N)N1Cc1cc(Br)cs1. The van der Waals surface area contributed by atoms with Crippen LogP contribution in [0.5, 0.6) is 0 Å². The van der Waals surface area contributed by atoms with Crippen molar-refractivity contribution in [2.45, 2.75) is 18.8 Å². The molecular formula is C9H12BrN5OS. The third kappa shape index (κ3) is 2.49. The average molecular weight is 318 g/mol. The Morgan fingerprint density at radius 1 is 1.53 bits per heavy atom. The van der Waals surface area contributed by atoms with Crippen LogP contribution in [0.25, 0.3) is 0 Å². The van der Waals surface area contributed by atoms with E-state index in [1.165, 1.54) is 0 Å². The van der Waals surface area contributed by atoms with Gasteiger partial charge in [-0.3, -0.25) is 4.79 Å². The molecule has 8 heteroatoms. The van der Waals surface area contributed by atoms with Crippen LogP contribution in [0.1, 0.15) is 4.88 Å². The van der Waals surface area contributed by atoms with Crippen molar-refractivity contribution in [3.05, 3.63) is 20.8 Å². The number of aliphatic imine (C=N–C) groups is 1. The lowest BCUT2D eigenvalue weighted by Gasteiger charge is -2.35. The minimum atomic E-state index is -0.828. The minimum absolute atomic E-state index is 0.119. The van der Waals surface area contributed by atoms with E-state index < -0.39 is 18.1 Å². The molecule has 1 aliphatic heterocycles. The van der Waals surface area contributed by atoms with Crippen molar-refractivity contribution in [3.63, 3.8) is 0 Å². The number of rotatable bonds is 2. The van der Waals surface area contributed by atoms with E-state index in [1.54, 1.807) is 16.2 Å². The predicted molar refractivity (Wildman–Crippen MR) is 70.1 cm³/mol. The number of amides is 1. The molecule has 2 rings (SSSR count). The van der Waals surface area contributed by atoms with E-state index in [9.17, 15) is 4.79 Å². The van der Waals surface area contributed by atoms with Crippen LogP contribution >= 0.6 is 27.3 Å². The summed E-state index contributed by atoms with van der Waals surface area (Å²) < 4.78 is 0.999. The van der Waals surface area contributed by atoms with E-state index in [-0.39, 0.29) is 5.96 Å². The van der Waals surface area contributed by atoms with Crippen LogP contribution in [0.15, 0.2) is 20.9 Å². The molecule has 1 amide bonds. The summed E-state index contributed by atoms with van der Waals surface area (Å²) in [5.41, 5.74) is 17.2. The summed E-state index contributed by atoms with van der Waals surface area (Å²) >= 11 is 4.94. The van der Waals surface area contributed by atoms with Gasteiger partial charge in [0.05, 0.1) is 6.54 Å². The number of thiophene rings is 1. The van der Waals surface area contributed by atoms with Crippen molar-refractivity contribution in [2.75, 3.05) is 0 Å². The summed E-state index contributed by atoms with van der Waals surface area (Å²) in [5, 5.41) is 1.96. The summed E-state index contributed by atoms with van der Waals surface area (Å²) in [6.07, 6.45) is -0.638. The second-order valence-corrected chi connectivity index (χ2v) is 5.60. The Labute approximate surface area is 111 Å². The molecule has 2 atom stereocenters. The molecular weight excluding hydrogens is 306 g/mol. The summed E-state index contributed by atoms with van der Waals surface area (Å²) in [5.74, 6) is -0.354. The van der Waals surface area contributed by atoms with E-state index >= 15 is 0 Å². The first-order chi connectivity index (χ1) is 7.99. The second kappa shape index (κ2) is 4.73. The smallest absolute Gasteiger partial charge is 0.269 e. The van der Waals surface area contributed by atoms with Crippen molar-refractivity contribution >= 4 is 39.1 Å². The number of halogens is 1. The van der Waals surface area contributed by atoms with Crippen molar-refractivity contribution < 1.29 is 4.79 Å².